The molecule has 4 rings (SSSR count). The van der Waals surface area contributed by atoms with Gasteiger partial charge >= 0.3 is 0 Å². The molecule has 1 aromatic heterocycles. The molecule has 0 unspecified atom stereocenters. The summed E-state index contributed by atoms with van der Waals surface area (Å²) in [5, 5.41) is 5.88. The van der Waals surface area contributed by atoms with Gasteiger partial charge < -0.3 is 5.32 Å². The van der Waals surface area contributed by atoms with Gasteiger partial charge in [-0.2, -0.15) is 0 Å². The Morgan fingerprint density at radius 3 is 2.56 bits per heavy atom. The number of hydrogen-bond acceptors (Lipinski definition) is 3. The molecule has 0 radical (unpaired) electrons. The highest BCUT2D eigenvalue weighted by atomic mass is 35.5. The van der Waals surface area contributed by atoms with Crippen LogP contribution in [0.3, 0.4) is 0 Å². The molecule has 1 aliphatic heterocycles. The van der Waals surface area contributed by atoms with Crippen LogP contribution in [0.1, 0.15) is 22.0 Å². The lowest BCUT2D eigenvalue weighted by Gasteiger charge is -2.35. The Hall–Kier alpha value is -1.85. The van der Waals surface area contributed by atoms with Gasteiger partial charge in [0.1, 0.15) is 0 Å². The number of thiophene rings is 1. The van der Waals surface area contributed by atoms with E-state index >= 15 is 0 Å². The fraction of sp³-hybridized carbons (Fsp3) is 0.190. The molecule has 1 N–H and O–H groups in total. The maximum Gasteiger partial charge on any atom is 0.238 e. The molecule has 3 aromatic rings. The fourth-order valence-electron chi connectivity index (χ4n) is 3.54. The Labute approximate surface area is 172 Å². The van der Waals surface area contributed by atoms with Crippen LogP contribution in [0.15, 0.2) is 60.0 Å². The average Bonchev–Trinajstić information content (AvgIpc) is 3.14. The molecule has 0 saturated carbocycles. The molecular weight excluding hydrogens is 399 g/mol. The van der Waals surface area contributed by atoms with Gasteiger partial charge in [-0.15, -0.1) is 11.3 Å². The summed E-state index contributed by atoms with van der Waals surface area (Å²) in [6, 6.07) is 17.8. The smallest absolute Gasteiger partial charge is 0.238 e. The average molecular weight is 417 g/mol. The van der Waals surface area contributed by atoms with Crippen molar-refractivity contribution in [3.05, 3.63) is 86.0 Å². The summed E-state index contributed by atoms with van der Waals surface area (Å²) in [5.41, 5.74) is 2.96. The lowest BCUT2D eigenvalue weighted by atomic mass is 9.93. The van der Waals surface area contributed by atoms with Gasteiger partial charge in [0.2, 0.25) is 5.91 Å². The van der Waals surface area contributed by atoms with Crippen LogP contribution in [0, 0.1) is 0 Å². The number of benzene rings is 2. The molecule has 138 valence electrons. The van der Waals surface area contributed by atoms with Crippen molar-refractivity contribution in [3.63, 3.8) is 0 Å². The number of para-hydroxylation sites is 1. The van der Waals surface area contributed by atoms with Crippen molar-refractivity contribution in [1.29, 1.82) is 0 Å². The lowest BCUT2D eigenvalue weighted by Crippen LogP contribution is -2.40. The van der Waals surface area contributed by atoms with Crippen LogP contribution in [-0.2, 0) is 11.2 Å². The number of halogens is 2. The van der Waals surface area contributed by atoms with E-state index in [1.54, 1.807) is 29.5 Å². The highest BCUT2D eigenvalue weighted by Crippen LogP contribution is 2.37. The van der Waals surface area contributed by atoms with Crippen LogP contribution in [-0.4, -0.2) is 23.9 Å². The van der Waals surface area contributed by atoms with Gasteiger partial charge in [0.05, 0.1) is 28.3 Å². The third-order valence-corrected chi connectivity index (χ3v) is 6.38. The number of carbonyl (C=O) groups excluding carboxylic acids is 1. The third-order valence-electron chi connectivity index (χ3n) is 4.75. The number of nitrogens with zero attached hydrogens (tertiary/aromatic N) is 1. The molecular formula is C21H18Cl2N2OS. The van der Waals surface area contributed by atoms with Crippen molar-refractivity contribution in [2.75, 3.05) is 18.4 Å². The van der Waals surface area contributed by atoms with E-state index < -0.39 is 0 Å². The van der Waals surface area contributed by atoms with Crippen molar-refractivity contribution in [2.45, 2.75) is 12.5 Å². The molecule has 1 aliphatic rings. The van der Waals surface area contributed by atoms with Gasteiger partial charge in [-0.25, -0.2) is 0 Å². The molecule has 6 heteroatoms. The summed E-state index contributed by atoms with van der Waals surface area (Å²) >= 11 is 14.2. The molecule has 0 saturated heterocycles. The first-order valence-corrected chi connectivity index (χ1v) is 10.4. The molecule has 0 aliphatic carbocycles. The Morgan fingerprint density at radius 1 is 1.07 bits per heavy atom. The number of nitrogens with one attached hydrogen (secondary N) is 1. The van der Waals surface area contributed by atoms with E-state index in [-0.39, 0.29) is 18.5 Å². The predicted octanol–water partition coefficient (Wildman–Crippen LogP) is 5.64. The minimum atomic E-state index is -0.121. The second kappa shape index (κ2) is 8.03. The minimum absolute atomic E-state index is 0.0775. The number of amides is 1. The van der Waals surface area contributed by atoms with Gasteiger partial charge in [-0.1, -0.05) is 59.6 Å². The summed E-state index contributed by atoms with van der Waals surface area (Å²) in [5.74, 6) is -0.121. The quantitative estimate of drug-likeness (QED) is 0.596. The molecule has 1 amide bonds. The highest BCUT2D eigenvalue weighted by molar-refractivity contribution is 7.10. The highest BCUT2D eigenvalue weighted by Gasteiger charge is 2.30. The van der Waals surface area contributed by atoms with Crippen molar-refractivity contribution >= 4 is 46.1 Å². The Balaban J connectivity index is 1.58. The van der Waals surface area contributed by atoms with Crippen molar-refractivity contribution in [1.82, 2.24) is 4.90 Å². The zero-order valence-corrected chi connectivity index (χ0v) is 16.8. The lowest BCUT2D eigenvalue weighted by molar-refractivity contribution is -0.117. The second-order valence-electron chi connectivity index (χ2n) is 6.48. The van der Waals surface area contributed by atoms with Crippen LogP contribution >= 0.6 is 34.5 Å². The largest absolute Gasteiger partial charge is 0.322 e. The summed E-state index contributed by atoms with van der Waals surface area (Å²) in [4.78, 5) is 16.4. The molecule has 2 aromatic carbocycles. The van der Waals surface area contributed by atoms with Crippen LogP contribution in [0.25, 0.3) is 0 Å². The Morgan fingerprint density at radius 2 is 1.81 bits per heavy atom. The molecule has 1 atom stereocenters. The number of hydrogen-bond donors (Lipinski definition) is 1. The Kier molecular flexibility index (Phi) is 5.50. The van der Waals surface area contributed by atoms with E-state index in [0.717, 1.165) is 13.0 Å². The van der Waals surface area contributed by atoms with E-state index in [2.05, 4.69) is 33.8 Å². The van der Waals surface area contributed by atoms with Gasteiger partial charge in [0.15, 0.2) is 0 Å². The maximum absolute atomic E-state index is 12.7. The SMILES string of the molecule is O=C(CN1CCc2sccc2[C@H]1c1ccccc1)Nc1c(Cl)cccc1Cl. The number of carbonyl (C=O) groups is 1. The van der Waals surface area contributed by atoms with Gasteiger partial charge in [0, 0.05) is 11.4 Å². The topological polar surface area (TPSA) is 32.3 Å². The first-order valence-electron chi connectivity index (χ1n) is 8.72. The fourth-order valence-corrected chi connectivity index (χ4v) is 4.94. The standard InChI is InChI=1S/C21H18Cl2N2OS/c22-16-7-4-8-17(23)20(16)24-19(26)13-25-11-9-18-15(10-12-27-18)21(25)14-5-2-1-3-6-14/h1-8,10,12,21H,9,11,13H2,(H,24,26)/t21-/m1/s1. The van der Waals surface area contributed by atoms with E-state index in [0.29, 0.717) is 15.7 Å². The zero-order chi connectivity index (χ0) is 18.8. The second-order valence-corrected chi connectivity index (χ2v) is 8.29. The first-order chi connectivity index (χ1) is 13.1. The zero-order valence-electron chi connectivity index (χ0n) is 14.5. The van der Waals surface area contributed by atoms with E-state index in [9.17, 15) is 4.79 Å². The van der Waals surface area contributed by atoms with Gasteiger partial charge in [-0.3, -0.25) is 9.69 Å². The number of rotatable bonds is 4. The molecule has 3 nitrogen and oxygen atoms in total. The van der Waals surface area contributed by atoms with Gasteiger partial charge in [-0.05, 0) is 41.1 Å². The summed E-state index contributed by atoms with van der Waals surface area (Å²) < 4.78 is 0. The van der Waals surface area contributed by atoms with Crippen molar-refractivity contribution < 1.29 is 4.79 Å². The molecule has 0 bridgehead atoms. The Bertz CT molecular complexity index is 938. The predicted molar refractivity (Wildman–Crippen MR) is 113 cm³/mol. The van der Waals surface area contributed by atoms with Crippen LogP contribution in [0.2, 0.25) is 10.0 Å². The molecule has 0 spiro atoms. The first kappa shape index (κ1) is 18.5. The van der Waals surface area contributed by atoms with Crippen molar-refractivity contribution in [2.24, 2.45) is 0 Å². The van der Waals surface area contributed by atoms with Crippen LogP contribution < -0.4 is 5.32 Å². The molecule has 27 heavy (non-hydrogen) atoms. The normalized spacial score (nSPS) is 16.7. The summed E-state index contributed by atoms with van der Waals surface area (Å²) in [6.45, 7) is 1.10. The van der Waals surface area contributed by atoms with E-state index in [1.165, 1.54) is 16.0 Å². The van der Waals surface area contributed by atoms with Crippen LogP contribution in [0.5, 0.6) is 0 Å². The monoisotopic (exact) mass is 416 g/mol. The van der Waals surface area contributed by atoms with Crippen LogP contribution in [0.4, 0.5) is 5.69 Å². The van der Waals surface area contributed by atoms with Gasteiger partial charge in [0.25, 0.3) is 0 Å². The number of anilines is 1. The minimum Gasteiger partial charge on any atom is -0.322 e. The molecule has 2 heterocycles. The van der Waals surface area contributed by atoms with Crippen molar-refractivity contribution in [3.8, 4) is 0 Å². The summed E-state index contributed by atoms with van der Waals surface area (Å²) in [7, 11) is 0. The third kappa shape index (κ3) is 3.90. The van der Waals surface area contributed by atoms with E-state index in [4.69, 9.17) is 23.2 Å². The van der Waals surface area contributed by atoms with E-state index in [1.807, 2.05) is 18.2 Å². The summed E-state index contributed by atoms with van der Waals surface area (Å²) in [6.07, 6.45) is 0.955. The number of fused-ring (bicyclic) bond motifs is 1. The molecule has 0 fully saturated rings. The maximum atomic E-state index is 12.7.